The van der Waals surface area contributed by atoms with Gasteiger partial charge in [-0.3, -0.25) is 0 Å². The zero-order valence-electron chi connectivity index (χ0n) is 16.2. The van der Waals surface area contributed by atoms with Crippen LogP contribution in [0.5, 0.6) is 17.4 Å². The molecule has 0 saturated heterocycles. The van der Waals surface area contributed by atoms with Gasteiger partial charge < -0.3 is 18.6 Å². The van der Waals surface area contributed by atoms with E-state index in [0.717, 1.165) is 22.2 Å². The largest absolute Gasteiger partial charge is 0.497 e. The normalized spacial score (nSPS) is 11.0. The van der Waals surface area contributed by atoms with Crippen molar-refractivity contribution < 1.29 is 14.0 Å². The lowest BCUT2D eigenvalue weighted by atomic mass is 10.2. The second-order valence-electron chi connectivity index (χ2n) is 6.55. The molecule has 0 saturated carbocycles. The number of hydrogen-bond donors (Lipinski definition) is 0. The smallest absolute Gasteiger partial charge is 0.278 e. The molecule has 2 aromatic carbocycles. The van der Waals surface area contributed by atoms with E-state index in [0.29, 0.717) is 23.1 Å². The van der Waals surface area contributed by atoms with Crippen molar-refractivity contribution in [3.05, 3.63) is 67.1 Å². The van der Waals surface area contributed by atoms with E-state index < -0.39 is 0 Å². The first-order valence-corrected chi connectivity index (χ1v) is 9.15. The Morgan fingerprint density at radius 3 is 2.60 bits per heavy atom. The number of hydrogen-bond acceptors (Lipinski definition) is 7. The van der Waals surface area contributed by atoms with Gasteiger partial charge in [0.2, 0.25) is 11.7 Å². The predicted octanol–water partition coefficient (Wildman–Crippen LogP) is 4.29. The van der Waals surface area contributed by atoms with E-state index in [1.165, 1.54) is 12.4 Å². The highest BCUT2D eigenvalue weighted by atomic mass is 16.5. The van der Waals surface area contributed by atoms with Gasteiger partial charge in [0.1, 0.15) is 17.2 Å². The average molecular weight is 398 g/mol. The van der Waals surface area contributed by atoms with Crippen LogP contribution in [0.2, 0.25) is 0 Å². The molecule has 0 amide bonds. The zero-order valence-corrected chi connectivity index (χ0v) is 16.2. The van der Waals surface area contributed by atoms with Gasteiger partial charge in [0.05, 0.1) is 31.2 Å². The van der Waals surface area contributed by atoms with Gasteiger partial charge in [-0.1, -0.05) is 5.16 Å². The molecule has 0 aliphatic heterocycles. The fourth-order valence-corrected chi connectivity index (χ4v) is 3.02. The molecule has 0 fully saturated rings. The quantitative estimate of drug-likeness (QED) is 0.436. The van der Waals surface area contributed by atoms with E-state index in [1.54, 1.807) is 7.11 Å². The van der Waals surface area contributed by atoms with Gasteiger partial charge in [-0.2, -0.15) is 4.98 Å². The van der Waals surface area contributed by atoms with Crippen molar-refractivity contribution in [1.82, 2.24) is 24.7 Å². The van der Waals surface area contributed by atoms with Crippen LogP contribution in [-0.4, -0.2) is 31.8 Å². The Balaban J connectivity index is 1.34. The first-order chi connectivity index (χ1) is 14.7. The van der Waals surface area contributed by atoms with Crippen molar-refractivity contribution in [3.63, 3.8) is 0 Å². The van der Waals surface area contributed by atoms with Crippen molar-refractivity contribution in [3.8, 4) is 40.4 Å². The van der Waals surface area contributed by atoms with E-state index in [-0.39, 0.29) is 5.89 Å². The van der Waals surface area contributed by atoms with E-state index in [9.17, 15) is 0 Å². The number of ether oxygens (including phenoxy) is 2. The molecule has 0 spiro atoms. The van der Waals surface area contributed by atoms with Gasteiger partial charge in [0.25, 0.3) is 5.89 Å². The lowest BCUT2D eigenvalue weighted by Crippen LogP contribution is -1.92. The van der Waals surface area contributed by atoms with Crippen molar-refractivity contribution in [2.75, 3.05) is 7.11 Å². The van der Waals surface area contributed by atoms with Crippen LogP contribution in [0.4, 0.5) is 0 Å². The third-order valence-corrected chi connectivity index (χ3v) is 4.62. The highest BCUT2D eigenvalue weighted by molar-refractivity contribution is 5.81. The maximum Gasteiger partial charge on any atom is 0.278 e. The standard InChI is InChI=1S/C22H16N5O3/c1-27-10-9-14-3-8-17(11-19(14)27)29-20-13-23-18(12-24-20)22-25-21(26-30-22)15-4-6-16(28-2)7-5-15/h3-9,11-13H,1-2H3. The van der Waals surface area contributed by atoms with Gasteiger partial charge in [0.15, 0.2) is 0 Å². The molecular weight excluding hydrogens is 382 g/mol. The Bertz CT molecular complexity index is 1310. The molecule has 3 heterocycles. The summed E-state index contributed by atoms with van der Waals surface area (Å²) >= 11 is 0. The molecule has 0 aliphatic rings. The van der Waals surface area contributed by atoms with Crippen molar-refractivity contribution >= 4 is 10.9 Å². The fourth-order valence-electron chi connectivity index (χ4n) is 3.02. The molecule has 8 nitrogen and oxygen atoms in total. The molecule has 8 heteroatoms. The number of aromatic nitrogens is 5. The number of rotatable bonds is 5. The van der Waals surface area contributed by atoms with Crippen LogP contribution in [-0.2, 0) is 7.05 Å². The van der Waals surface area contributed by atoms with Gasteiger partial charge in [0, 0.05) is 24.1 Å². The van der Waals surface area contributed by atoms with E-state index >= 15 is 0 Å². The van der Waals surface area contributed by atoms with Crippen LogP contribution in [0, 0.1) is 6.20 Å². The first kappa shape index (κ1) is 17.9. The highest BCUT2D eigenvalue weighted by Gasteiger charge is 2.13. The summed E-state index contributed by atoms with van der Waals surface area (Å²) in [5.41, 5.74) is 2.29. The summed E-state index contributed by atoms with van der Waals surface area (Å²) in [6, 6.07) is 15.1. The highest BCUT2D eigenvalue weighted by Crippen LogP contribution is 2.26. The summed E-state index contributed by atoms with van der Waals surface area (Å²) in [6.07, 6.45) is 6.18. The van der Waals surface area contributed by atoms with Crippen LogP contribution < -0.4 is 9.47 Å². The Labute approximate surface area is 171 Å². The van der Waals surface area contributed by atoms with E-state index in [4.69, 9.17) is 14.0 Å². The number of fused-ring (bicyclic) bond motifs is 1. The van der Waals surface area contributed by atoms with Crippen molar-refractivity contribution in [1.29, 1.82) is 0 Å². The van der Waals surface area contributed by atoms with Crippen LogP contribution >= 0.6 is 0 Å². The summed E-state index contributed by atoms with van der Waals surface area (Å²) in [5.74, 6) is 2.53. The molecule has 147 valence electrons. The summed E-state index contributed by atoms with van der Waals surface area (Å²) in [6.45, 7) is 0. The minimum Gasteiger partial charge on any atom is -0.497 e. The number of aryl methyl sites for hydroxylation is 1. The molecule has 5 rings (SSSR count). The summed E-state index contributed by atoms with van der Waals surface area (Å²) in [4.78, 5) is 13.0. The predicted molar refractivity (Wildman–Crippen MR) is 109 cm³/mol. The average Bonchev–Trinajstić information content (AvgIpc) is 3.42. The Hall–Kier alpha value is -4.20. The third kappa shape index (κ3) is 3.35. The van der Waals surface area contributed by atoms with E-state index in [1.807, 2.05) is 60.1 Å². The molecule has 3 aromatic heterocycles. The monoisotopic (exact) mass is 398 g/mol. The molecule has 30 heavy (non-hydrogen) atoms. The molecule has 0 aliphatic carbocycles. The molecule has 0 N–H and O–H groups in total. The molecule has 0 bridgehead atoms. The van der Waals surface area contributed by atoms with Crippen molar-refractivity contribution in [2.24, 2.45) is 7.05 Å². The molecular formula is C22H16N5O3. The number of nitrogens with zero attached hydrogens (tertiary/aromatic N) is 5. The van der Waals surface area contributed by atoms with Crippen LogP contribution in [0.15, 0.2) is 65.4 Å². The fraction of sp³-hybridized carbons (Fsp3) is 0.0909. The second-order valence-corrected chi connectivity index (χ2v) is 6.55. The SMILES string of the molecule is COc1ccc(-c2noc(-c3cnc(Oc4ccc5c[c]n(C)c5c4)cn3)n2)cc1. The van der Waals surface area contributed by atoms with Gasteiger partial charge in [-0.05, 0) is 42.5 Å². The van der Waals surface area contributed by atoms with Gasteiger partial charge >= 0.3 is 0 Å². The molecule has 0 atom stereocenters. The van der Waals surface area contributed by atoms with Gasteiger partial charge in [-0.15, -0.1) is 0 Å². The Kier molecular flexibility index (Phi) is 4.36. The second kappa shape index (κ2) is 7.32. The molecule has 5 aromatic rings. The molecule has 1 radical (unpaired) electrons. The minimum atomic E-state index is 0.278. The summed E-state index contributed by atoms with van der Waals surface area (Å²) in [5, 5.41) is 5.10. The van der Waals surface area contributed by atoms with Crippen LogP contribution in [0.1, 0.15) is 0 Å². The maximum absolute atomic E-state index is 5.82. The van der Waals surface area contributed by atoms with Gasteiger partial charge in [-0.25, -0.2) is 9.97 Å². The zero-order chi connectivity index (χ0) is 20.5. The lowest BCUT2D eigenvalue weighted by Gasteiger charge is -2.05. The summed E-state index contributed by atoms with van der Waals surface area (Å²) < 4.78 is 18.2. The van der Waals surface area contributed by atoms with Crippen LogP contribution in [0.25, 0.3) is 33.9 Å². The topological polar surface area (TPSA) is 88.1 Å². The maximum atomic E-state index is 5.82. The Morgan fingerprint density at radius 2 is 1.83 bits per heavy atom. The Morgan fingerprint density at radius 1 is 1.00 bits per heavy atom. The summed E-state index contributed by atoms with van der Waals surface area (Å²) in [7, 11) is 3.55. The lowest BCUT2D eigenvalue weighted by molar-refractivity contribution is 0.414. The van der Waals surface area contributed by atoms with Crippen LogP contribution in [0.3, 0.4) is 0 Å². The van der Waals surface area contributed by atoms with Crippen molar-refractivity contribution in [2.45, 2.75) is 0 Å². The minimum absolute atomic E-state index is 0.278. The third-order valence-electron chi connectivity index (χ3n) is 4.62. The first-order valence-electron chi connectivity index (χ1n) is 9.15. The molecule has 0 unspecified atom stereocenters. The number of benzene rings is 2. The number of methoxy groups -OCH3 is 1. The van der Waals surface area contributed by atoms with E-state index in [2.05, 4.69) is 26.3 Å².